The average molecular weight is 278 g/mol. The van der Waals surface area contributed by atoms with E-state index in [9.17, 15) is 15.0 Å². The van der Waals surface area contributed by atoms with E-state index < -0.39 is 18.2 Å². The van der Waals surface area contributed by atoms with E-state index in [1.165, 1.54) is 0 Å². The summed E-state index contributed by atoms with van der Waals surface area (Å²) >= 11 is 0. The summed E-state index contributed by atoms with van der Waals surface area (Å²) in [5.41, 5.74) is 5.80. The first-order valence-corrected chi connectivity index (χ1v) is 6.07. The zero-order valence-electron chi connectivity index (χ0n) is 10.4. The van der Waals surface area contributed by atoms with Crippen LogP contribution in [0.3, 0.4) is 0 Å². The van der Waals surface area contributed by atoms with Crippen LogP contribution in [0.2, 0.25) is 0 Å². The molecule has 8 nitrogen and oxygen atoms in total. The van der Waals surface area contributed by atoms with Crippen molar-refractivity contribution in [3.63, 3.8) is 0 Å². The van der Waals surface area contributed by atoms with Crippen molar-refractivity contribution in [3.05, 3.63) is 34.3 Å². The number of hydrogen-bond acceptors (Lipinski definition) is 6. The van der Waals surface area contributed by atoms with Gasteiger partial charge in [-0.25, -0.2) is 0 Å². The molecule has 0 aliphatic heterocycles. The number of aliphatic hydroxyl groups is 3. The molecule has 1 aliphatic carbocycles. The van der Waals surface area contributed by atoms with E-state index in [4.69, 9.17) is 10.8 Å². The minimum Gasteiger partial charge on any atom is -0.392 e. The topological polar surface area (TPSA) is 137 Å². The molecule has 0 saturated heterocycles. The molecule has 0 amide bonds. The first-order valence-electron chi connectivity index (χ1n) is 6.07. The molecule has 2 heterocycles. The minimum atomic E-state index is -1.14. The van der Waals surface area contributed by atoms with Gasteiger partial charge in [0.1, 0.15) is 17.9 Å². The first kappa shape index (κ1) is 12.9. The molecule has 1 unspecified atom stereocenters. The van der Waals surface area contributed by atoms with E-state index in [1.54, 1.807) is 22.9 Å². The Hall–Kier alpha value is -2.16. The molecule has 1 aliphatic rings. The van der Waals surface area contributed by atoms with Gasteiger partial charge in [0.05, 0.1) is 18.0 Å². The Balaban J connectivity index is 2.16. The number of nitrogens with zero attached hydrogens (tertiary/aromatic N) is 2. The lowest BCUT2D eigenvalue weighted by atomic mass is 10.1. The van der Waals surface area contributed by atoms with Crippen molar-refractivity contribution in [2.24, 2.45) is 0 Å². The number of H-pyrrole nitrogens is 1. The molecule has 3 atom stereocenters. The normalized spacial score (nSPS) is 26.1. The number of hydrogen-bond donors (Lipinski definition) is 5. The number of anilines is 1. The molecular formula is C12H14N4O4. The second-order valence-electron chi connectivity index (χ2n) is 4.74. The van der Waals surface area contributed by atoms with Gasteiger partial charge in [0.15, 0.2) is 0 Å². The lowest BCUT2D eigenvalue weighted by Gasteiger charge is -2.19. The van der Waals surface area contributed by atoms with Crippen LogP contribution < -0.4 is 11.3 Å². The highest BCUT2D eigenvalue weighted by molar-refractivity contribution is 5.76. The Morgan fingerprint density at radius 2 is 2.20 bits per heavy atom. The minimum absolute atomic E-state index is 0.0261. The highest BCUT2D eigenvalue weighted by Gasteiger charge is 2.35. The number of aromatic nitrogens is 3. The van der Waals surface area contributed by atoms with Crippen LogP contribution >= 0.6 is 0 Å². The van der Waals surface area contributed by atoms with E-state index in [0.29, 0.717) is 16.6 Å². The predicted molar refractivity (Wildman–Crippen MR) is 71.0 cm³/mol. The van der Waals surface area contributed by atoms with Crippen molar-refractivity contribution >= 4 is 17.0 Å². The van der Waals surface area contributed by atoms with Gasteiger partial charge in [-0.2, -0.15) is 4.98 Å². The van der Waals surface area contributed by atoms with Crippen molar-refractivity contribution in [3.8, 4) is 0 Å². The van der Waals surface area contributed by atoms with E-state index in [2.05, 4.69) is 9.97 Å². The number of nitrogen functional groups attached to an aromatic ring is 1. The number of nitrogens with two attached hydrogens (primary N) is 1. The maximum absolute atomic E-state index is 11.7. The average Bonchev–Trinajstić information content (AvgIpc) is 2.93. The molecule has 0 aromatic carbocycles. The van der Waals surface area contributed by atoms with Gasteiger partial charge in [-0.1, -0.05) is 6.08 Å². The van der Waals surface area contributed by atoms with Crippen LogP contribution in [-0.2, 0) is 0 Å². The standard InChI is InChI=1S/C12H14N4O4/c13-12-14-10-6(11(20)15-12)1-2-16(10)7-3-5(4-17)8(18)9(7)19/h1-3,7-9,17-19H,4H2,(H3,13,14,15,20)/t7?,8-,9+/m0/s1. The smallest absolute Gasteiger partial charge is 0.261 e. The fourth-order valence-corrected chi connectivity index (χ4v) is 2.51. The molecule has 2 aromatic rings. The summed E-state index contributed by atoms with van der Waals surface area (Å²) in [5.74, 6) is -0.0261. The van der Waals surface area contributed by atoms with Gasteiger partial charge in [0, 0.05) is 6.20 Å². The monoisotopic (exact) mass is 278 g/mol. The molecule has 2 aromatic heterocycles. The maximum Gasteiger partial charge on any atom is 0.261 e. The van der Waals surface area contributed by atoms with Crippen LogP contribution in [0.4, 0.5) is 5.95 Å². The Morgan fingerprint density at radius 1 is 1.45 bits per heavy atom. The molecule has 6 N–H and O–H groups in total. The zero-order valence-corrected chi connectivity index (χ0v) is 10.4. The summed E-state index contributed by atoms with van der Waals surface area (Å²) in [7, 11) is 0. The van der Waals surface area contributed by atoms with Gasteiger partial charge >= 0.3 is 0 Å². The summed E-state index contributed by atoms with van der Waals surface area (Å²) < 4.78 is 1.55. The van der Waals surface area contributed by atoms with Crippen molar-refractivity contribution in [2.45, 2.75) is 18.2 Å². The van der Waals surface area contributed by atoms with Crippen LogP contribution in [0, 0.1) is 0 Å². The fourth-order valence-electron chi connectivity index (χ4n) is 2.51. The summed E-state index contributed by atoms with van der Waals surface area (Å²) in [6, 6.07) is 0.947. The van der Waals surface area contributed by atoms with Gasteiger partial charge in [-0.15, -0.1) is 0 Å². The third-order valence-electron chi connectivity index (χ3n) is 3.54. The van der Waals surface area contributed by atoms with Crippen LogP contribution in [0.15, 0.2) is 28.7 Å². The number of nitrogens with one attached hydrogen (secondary N) is 1. The van der Waals surface area contributed by atoms with Gasteiger partial charge in [0.25, 0.3) is 5.56 Å². The molecule has 106 valence electrons. The number of aromatic amines is 1. The quantitative estimate of drug-likeness (QED) is 0.424. The summed E-state index contributed by atoms with van der Waals surface area (Å²) in [6.07, 6.45) is 0.897. The summed E-state index contributed by atoms with van der Waals surface area (Å²) in [6.45, 7) is -0.343. The van der Waals surface area contributed by atoms with E-state index >= 15 is 0 Å². The van der Waals surface area contributed by atoms with Gasteiger partial charge < -0.3 is 25.6 Å². The van der Waals surface area contributed by atoms with E-state index in [0.717, 1.165) is 0 Å². The lowest BCUT2D eigenvalue weighted by Crippen LogP contribution is -2.30. The molecular weight excluding hydrogens is 264 g/mol. The second kappa shape index (κ2) is 4.44. The molecule has 0 saturated carbocycles. The zero-order chi connectivity index (χ0) is 14.4. The number of fused-ring (bicyclic) bond motifs is 1. The fraction of sp³-hybridized carbons (Fsp3) is 0.333. The molecule has 0 spiro atoms. The van der Waals surface area contributed by atoms with Crippen LogP contribution in [0.1, 0.15) is 6.04 Å². The molecule has 8 heteroatoms. The molecule has 0 fully saturated rings. The van der Waals surface area contributed by atoms with Crippen LogP contribution in [0.5, 0.6) is 0 Å². The third-order valence-corrected chi connectivity index (χ3v) is 3.54. The predicted octanol–water partition coefficient (Wildman–Crippen LogP) is -1.50. The van der Waals surface area contributed by atoms with Crippen LogP contribution in [0.25, 0.3) is 11.0 Å². The maximum atomic E-state index is 11.7. The summed E-state index contributed by atoms with van der Waals surface area (Å²) in [4.78, 5) is 18.2. The highest BCUT2D eigenvalue weighted by atomic mass is 16.3. The van der Waals surface area contributed by atoms with Crippen molar-refractivity contribution in [2.75, 3.05) is 12.3 Å². The number of rotatable bonds is 2. The lowest BCUT2D eigenvalue weighted by molar-refractivity contribution is 0.0288. The van der Waals surface area contributed by atoms with Gasteiger partial charge in [0.2, 0.25) is 5.95 Å². The third kappa shape index (κ3) is 1.73. The van der Waals surface area contributed by atoms with Crippen LogP contribution in [-0.4, -0.2) is 48.7 Å². The largest absolute Gasteiger partial charge is 0.392 e. The summed E-state index contributed by atoms with van der Waals surface area (Å²) in [5, 5.41) is 29.3. The van der Waals surface area contributed by atoms with Crippen molar-refractivity contribution in [1.82, 2.24) is 14.5 Å². The SMILES string of the molecule is Nc1nc2c(ccn2C2C=C(CO)[C@H](O)[C@@H]2O)c(=O)[nH]1. The second-order valence-corrected chi connectivity index (χ2v) is 4.74. The Bertz CT molecular complexity index is 747. The Morgan fingerprint density at radius 3 is 2.85 bits per heavy atom. The van der Waals surface area contributed by atoms with Gasteiger partial charge in [-0.3, -0.25) is 9.78 Å². The molecule has 0 bridgehead atoms. The first-order chi connectivity index (χ1) is 9.52. The van der Waals surface area contributed by atoms with Crippen molar-refractivity contribution in [1.29, 1.82) is 0 Å². The van der Waals surface area contributed by atoms with E-state index in [1.807, 2.05) is 0 Å². The Kier molecular flexibility index (Phi) is 2.85. The molecule has 0 radical (unpaired) electrons. The Labute approximate surface area is 112 Å². The molecule has 20 heavy (non-hydrogen) atoms. The van der Waals surface area contributed by atoms with Crippen molar-refractivity contribution < 1.29 is 15.3 Å². The highest BCUT2D eigenvalue weighted by Crippen LogP contribution is 2.31. The number of aliphatic hydroxyl groups excluding tert-OH is 3. The molecule has 3 rings (SSSR count). The van der Waals surface area contributed by atoms with Gasteiger partial charge in [-0.05, 0) is 11.6 Å². The van der Waals surface area contributed by atoms with E-state index in [-0.39, 0.29) is 18.1 Å².